The van der Waals surface area contributed by atoms with Gasteiger partial charge in [0.15, 0.2) is 5.71 Å². The van der Waals surface area contributed by atoms with E-state index in [2.05, 4.69) is 15.5 Å². The second-order valence-electron chi connectivity index (χ2n) is 6.42. The Morgan fingerprint density at radius 2 is 1.82 bits per heavy atom. The number of carbonyl (C=O) groups is 1. The number of fused-ring (bicyclic) bond motifs is 2. The Morgan fingerprint density at radius 3 is 2.61 bits per heavy atom. The molecule has 0 radical (unpaired) electrons. The van der Waals surface area contributed by atoms with Crippen LogP contribution in [0.4, 0.5) is 5.69 Å². The van der Waals surface area contributed by atoms with Gasteiger partial charge in [-0.15, -0.1) is 5.10 Å². The zero-order chi connectivity index (χ0) is 19.8. The quantitative estimate of drug-likeness (QED) is 0.545. The Balaban J connectivity index is 1.87. The summed E-state index contributed by atoms with van der Waals surface area (Å²) in [5.74, 6) is -0.491. The molecule has 0 bridgehead atoms. The van der Waals surface area contributed by atoms with Gasteiger partial charge in [0.25, 0.3) is 11.5 Å². The van der Waals surface area contributed by atoms with Gasteiger partial charge in [-0.25, -0.2) is 0 Å². The third-order valence-electron chi connectivity index (χ3n) is 4.77. The first-order valence-electron chi connectivity index (χ1n) is 8.90. The second kappa shape index (κ2) is 6.77. The van der Waals surface area contributed by atoms with E-state index in [9.17, 15) is 14.7 Å². The number of nitrogens with zero attached hydrogens (tertiary/aromatic N) is 3. The summed E-state index contributed by atoms with van der Waals surface area (Å²) in [6.07, 6.45) is 0. The number of hydrogen-bond donors (Lipinski definition) is 2. The highest BCUT2D eigenvalue weighted by atomic mass is 16.3. The first-order valence-corrected chi connectivity index (χ1v) is 8.90. The average molecular weight is 374 g/mol. The number of amides is 1. The molecule has 0 fully saturated rings. The Morgan fingerprint density at radius 1 is 1.11 bits per heavy atom. The van der Waals surface area contributed by atoms with Gasteiger partial charge in [0, 0.05) is 17.5 Å². The summed E-state index contributed by atoms with van der Waals surface area (Å²) in [7, 11) is 0. The molecule has 4 rings (SSSR count). The maximum atomic E-state index is 12.9. The summed E-state index contributed by atoms with van der Waals surface area (Å²) in [5, 5.41) is 22.2. The van der Waals surface area contributed by atoms with Gasteiger partial charge < -0.3 is 15.0 Å². The van der Waals surface area contributed by atoms with Crippen molar-refractivity contribution in [1.29, 1.82) is 0 Å². The normalized spacial score (nSPS) is 15.1. The topological polar surface area (TPSA) is 96.0 Å². The third-order valence-corrected chi connectivity index (χ3v) is 4.77. The monoisotopic (exact) mass is 374 g/mol. The fourth-order valence-electron chi connectivity index (χ4n) is 3.41. The molecule has 7 heteroatoms. The van der Waals surface area contributed by atoms with Crippen molar-refractivity contribution in [2.75, 3.05) is 5.32 Å². The highest BCUT2D eigenvalue weighted by molar-refractivity contribution is 6.53. The molecule has 0 saturated heterocycles. The van der Waals surface area contributed by atoms with Crippen molar-refractivity contribution in [3.05, 3.63) is 70.0 Å². The van der Waals surface area contributed by atoms with Crippen LogP contribution in [0.3, 0.4) is 0 Å². The van der Waals surface area contributed by atoms with Gasteiger partial charge in [0.1, 0.15) is 11.3 Å². The molecule has 0 saturated carbocycles. The number of nitrogens with one attached hydrogen (secondary N) is 1. The van der Waals surface area contributed by atoms with E-state index >= 15 is 0 Å². The van der Waals surface area contributed by atoms with Gasteiger partial charge in [0.2, 0.25) is 0 Å². The van der Waals surface area contributed by atoms with E-state index in [0.29, 0.717) is 28.7 Å². The summed E-state index contributed by atoms with van der Waals surface area (Å²) in [5.41, 5.74) is 2.11. The van der Waals surface area contributed by atoms with Gasteiger partial charge in [-0.3, -0.25) is 9.59 Å². The zero-order valence-corrected chi connectivity index (χ0v) is 15.4. The minimum Gasteiger partial charge on any atom is -0.506 e. The number of aromatic nitrogens is 1. The number of aryl methyl sites for hydroxylation is 1. The van der Waals surface area contributed by atoms with Crippen LogP contribution < -0.4 is 10.9 Å². The van der Waals surface area contributed by atoms with Gasteiger partial charge in [-0.1, -0.05) is 30.3 Å². The molecular weight excluding hydrogens is 356 g/mol. The summed E-state index contributed by atoms with van der Waals surface area (Å²) in [6, 6.07) is 14.3. The van der Waals surface area contributed by atoms with Crippen molar-refractivity contribution < 1.29 is 9.90 Å². The molecule has 1 aromatic heterocycles. The molecule has 140 valence electrons. The van der Waals surface area contributed by atoms with Crippen LogP contribution in [0.5, 0.6) is 5.75 Å². The SMILES string of the molecule is CCn1c(=O)c(C(C)=NN=C2C(=O)Nc3ccccc32)c(O)c2ccccc21. The number of para-hydroxylation sites is 2. The van der Waals surface area contributed by atoms with Crippen LogP contribution in [0, 0.1) is 0 Å². The van der Waals surface area contributed by atoms with Crippen LogP contribution in [-0.4, -0.2) is 27.0 Å². The molecule has 28 heavy (non-hydrogen) atoms. The first-order chi connectivity index (χ1) is 13.5. The maximum Gasteiger partial charge on any atom is 0.276 e. The van der Waals surface area contributed by atoms with Crippen LogP contribution in [0.25, 0.3) is 10.9 Å². The zero-order valence-electron chi connectivity index (χ0n) is 15.4. The molecule has 1 aliphatic heterocycles. The lowest BCUT2D eigenvalue weighted by molar-refractivity contribution is -0.110. The Hall–Kier alpha value is -3.74. The van der Waals surface area contributed by atoms with E-state index < -0.39 is 0 Å². The molecular formula is C21H18N4O3. The third kappa shape index (κ3) is 2.68. The van der Waals surface area contributed by atoms with Crippen LogP contribution in [0.2, 0.25) is 0 Å². The lowest BCUT2D eigenvalue weighted by Crippen LogP contribution is -2.26. The van der Waals surface area contributed by atoms with E-state index in [0.717, 1.165) is 0 Å². The van der Waals surface area contributed by atoms with E-state index in [-0.39, 0.29) is 34.2 Å². The van der Waals surface area contributed by atoms with E-state index in [1.807, 2.05) is 19.1 Å². The Kier molecular flexibility index (Phi) is 4.27. The van der Waals surface area contributed by atoms with Gasteiger partial charge in [-0.2, -0.15) is 5.10 Å². The van der Waals surface area contributed by atoms with Crippen molar-refractivity contribution in [2.45, 2.75) is 20.4 Å². The minimum atomic E-state index is -0.355. The number of aromatic hydroxyl groups is 1. The summed E-state index contributed by atoms with van der Waals surface area (Å²) >= 11 is 0. The molecule has 7 nitrogen and oxygen atoms in total. The molecule has 2 heterocycles. The predicted octanol–water partition coefficient (Wildman–Crippen LogP) is 2.89. The summed E-state index contributed by atoms with van der Waals surface area (Å²) in [6.45, 7) is 3.90. The minimum absolute atomic E-state index is 0.0802. The number of anilines is 1. The molecule has 0 atom stereocenters. The average Bonchev–Trinajstić information content (AvgIpc) is 3.02. The second-order valence-corrected chi connectivity index (χ2v) is 6.42. The van der Waals surface area contributed by atoms with Crippen LogP contribution in [0.15, 0.2) is 63.5 Å². The smallest absolute Gasteiger partial charge is 0.276 e. The van der Waals surface area contributed by atoms with E-state index in [4.69, 9.17) is 0 Å². The summed E-state index contributed by atoms with van der Waals surface area (Å²) < 4.78 is 1.58. The molecule has 0 aliphatic carbocycles. The first kappa shape index (κ1) is 17.7. The number of hydrogen-bond acceptors (Lipinski definition) is 5. The van der Waals surface area contributed by atoms with Gasteiger partial charge in [0.05, 0.1) is 16.9 Å². The van der Waals surface area contributed by atoms with Crippen LogP contribution in [-0.2, 0) is 11.3 Å². The Labute approximate surface area is 160 Å². The van der Waals surface area contributed by atoms with Crippen molar-refractivity contribution >= 4 is 33.9 Å². The lowest BCUT2D eigenvalue weighted by Gasteiger charge is -2.13. The fraction of sp³-hybridized carbons (Fsp3) is 0.143. The molecule has 3 aromatic rings. The molecule has 0 unspecified atom stereocenters. The number of benzene rings is 2. The molecule has 1 aliphatic rings. The van der Waals surface area contributed by atoms with E-state index in [1.165, 1.54) is 0 Å². The van der Waals surface area contributed by atoms with Gasteiger partial charge >= 0.3 is 0 Å². The van der Waals surface area contributed by atoms with Gasteiger partial charge in [-0.05, 0) is 32.0 Å². The number of pyridine rings is 1. The number of carbonyl (C=O) groups excluding carboxylic acids is 1. The fourth-order valence-corrected chi connectivity index (χ4v) is 3.41. The van der Waals surface area contributed by atoms with Crippen LogP contribution >= 0.6 is 0 Å². The lowest BCUT2D eigenvalue weighted by atomic mass is 10.1. The van der Waals surface area contributed by atoms with E-state index in [1.54, 1.807) is 47.9 Å². The Bertz CT molecular complexity index is 1240. The maximum absolute atomic E-state index is 12.9. The predicted molar refractivity (Wildman–Crippen MR) is 109 cm³/mol. The highest BCUT2D eigenvalue weighted by Crippen LogP contribution is 2.27. The molecule has 0 spiro atoms. The largest absolute Gasteiger partial charge is 0.506 e. The molecule has 1 amide bonds. The standard InChI is InChI=1S/C21H18N4O3/c1-3-25-16-11-7-5-9-14(16)19(26)17(21(25)28)12(2)23-24-18-13-8-4-6-10-15(13)22-20(18)27/h4-11,26H,3H2,1-2H3,(H,22,24,27). The van der Waals surface area contributed by atoms with Crippen LogP contribution in [0.1, 0.15) is 25.0 Å². The summed E-state index contributed by atoms with van der Waals surface area (Å²) in [4.78, 5) is 25.1. The van der Waals surface area contributed by atoms with Crippen molar-refractivity contribution in [3.63, 3.8) is 0 Å². The number of rotatable bonds is 3. The van der Waals surface area contributed by atoms with Crippen molar-refractivity contribution in [1.82, 2.24) is 4.57 Å². The van der Waals surface area contributed by atoms with Crippen molar-refractivity contribution in [3.8, 4) is 5.75 Å². The highest BCUT2D eigenvalue weighted by Gasteiger charge is 2.25. The molecule has 2 N–H and O–H groups in total. The molecule has 2 aromatic carbocycles. The van der Waals surface area contributed by atoms with Crippen molar-refractivity contribution in [2.24, 2.45) is 10.2 Å².